The second-order valence-corrected chi connectivity index (χ2v) is 7.77. The van der Waals surface area contributed by atoms with Crippen molar-refractivity contribution in [2.45, 2.75) is 23.9 Å². The Kier molecular flexibility index (Phi) is 11.2. The molecule has 0 bridgehead atoms. The van der Waals surface area contributed by atoms with Crippen LogP contribution in [-0.2, 0) is 29.5 Å². The van der Waals surface area contributed by atoms with Crippen molar-refractivity contribution in [3.8, 4) is 0 Å². The SMILES string of the molecule is Cc1ccc(S(=O)(=O)[N-][C@@H](c2ccccc2)[C@@H]([NH-])c2ccccc2)cc1.[CH3-].[CH3-].[Ru+4]. The predicted octanol–water partition coefficient (Wildman–Crippen LogP) is 6.49. The van der Waals surface area contributed by atoms with Crippen LogP contribution in [0.1, 0.15) is 28.8 Å². The summed E-state index contributed by atoms with van der Waals surface area (Å²) in [5.41, 5.74) is 11.0. The molecule has 0 aliphatic rings. The van der Waals surface area contributed by atoms with Crippen LogP contribution in [0.2, 0.25) is 0 Å². The quantitative estimate of drug-likeness (QED) is 0.290. The van der Waals surface area contributed by atoms with Crippen molar-refractivity contribution >= 4 is 10.0 Å². The van der Waals surface area contributed by atoms with Gasteiger partial charge in [0, 0.05) is 4.90 Å². The minimum atomic E-state index is -3.87. The molecule has 0 fully saturated rings. The number of nitrogens with zero attached hydrogens (tertiary/aromatic N) is 1. The van der Waals surface area contributed by atoms with E-state index in [9.17, 15) is 8.42 Å². The molecule has 3 aromatic carbocycles. The first-order chi connectivity index (χ1) is 12.5. The van der Waals surface area contributed by atoms with E-state index < -0.39 is 22.1 Å². The number of hydrogen-bond donors (Lipinski definition) is 0. The van der Waals surface area contributed by atoms with Crippen molar-refractivity contribution in [3.63, 3.8) is 0 Å². The van der Waals surface area contributed by atoms with E-state index in [0.717, 1.165) is 11.1 Å². The van der Waals surface area contributed by atoms with E-state index in [1.54, 1.807) is 24.3 Å². The van der Waals surface area contributed by atoms with Gasteiger partial charge in [-0.25, -0.2) is 8.42 Å². The summed E-state index contributed by atoms with van der Waals surface area (Å²) in [5.74, 6) is 0. The Morgan fingerprint density at radius 3 is 1.69 bits per heavy atom. The van der Waals surface area contributed by atoms with Crippen molar-refractivity contribution in [3.05, 3.63) is 127 Å². The van der Waals surface area contributed by atoms with Crippen LogP contribution in [0.15, 0.2) is 89.8 Å². The summed E-state index contributed by atoms with van der Waals surface area (Å²) in [6, 6.07) is 23.3. The fourth-order valence-corrected chi connectivity index (χ4v) is 3.87. The maximum atomic E-state index is 12.8. The molecular weight excluding hydrogens is 469 g/mol. The molecule has 1 N–H and O–H groups in total. The van der Waals surface area contributed by atoms with Gasteiger partial charge in [0.15, 0.2) is 0 Å². The molecule has 4 nitrogen and oxygen atoms in total. The number of benzene rings is 3. The van der Waals surface area contributed by atoms with E-state index in [1.807, 2.05) is 67.6 Å². The van der Waals surface area contributed by atoms with Crippen LogP contribution >= 0.6 is 0 Å². The molecule has 2 atom stereocenters. The number of nitrogens with one attached hydrogen (secondary N) is 1. The summed E-state index contributed by atoms with van der Waals surface area (Å²) in [7, 11) is -3.87. The standard InChI is InChI=1S/C21H20N2O2S.2CH3.Ru/c1-16-12-14-19(15-13-16)26(24,25)23-21(18-10-6-3-7-11-18)20(22)17-8-4-2-5-9-17;;;/h2-15,20-22H,1H3;2*1H3;/q-2;2*-1;+4/t20-,21-;;;/m0.../s1. The van der Waals surface area contributed by atoms with Gasteiger partial charge in [-0.15, -0.1) is 12.1 Å². The van der Waals surface area contributed by atoms with Crippen LogP contribution < -0.4 is 0 Å². The third-order valence-electron chi connectivity index (χ3n) is 4.19. The van der Waals surface area contributed by atoms with Crippen molar-refractivity contribution < 1.29 is 27.9 Å². The molecule has 0 saturated carbocycles. The zero-order valence-electron chi connectivity index (χ0n) is 16.8. The van der Waals surface area contributed by atoms with Crippen LogP contribution in [0.4, 0.5) is 0 Å². The van der Waals surface area contributed by atoms with Crippen molar-refractivity contribution in [2.75, 3.05) is 0 Å². The fraction of sp³-hybridized carbons (Fsp3) is 0.130. The largest absolute Gasteiger partial charge is 4.00 e. The Bertz CT molecular complexity index is 947. The number of sulfonamides is 1. The smallest absolute Gasteiger partial charge is 0.672 e. The van der Waals surface area contributed by atoms with Gasteiger partial charge in [-0.3, -0.25) is 0 Å². The second kappa shape index (κ2) is 12.0. The Balaban J connectivity index is 0.00000261. The third kappa shape index (κ3) is 6.86. The number of hydrogen-bond acceptors (Lipinski definition) is 2. The van der Waals surface area contributed by atoms with E-state index in [2.05, 4.69) is 4.72 Å². The van der Waals surface area contributed by atoms with Crippen molar-refractivity contribution in [1.82, 2.24) is 0 Å². The Hall–Kier alpha value is -1.85. The maximum absolute atomic E-state index is 12.8. The normalized spacial score (nSPS) is 12.5. The summed E-state index contributed by atoms with van der Waals surface area (Å²) in [6.07, 6.45) is 0. The van der Waals surface area contributed by atoms with Crippen LogP contribution in [0.5, 0.6) is 0 Å². The Morgan fingerprint density at radius 2 is 1.21 bits per heavy atom. The molecule has 29 heavy (non-hydrogen) atoms. The zero-order chi connectivity index (χ0) is 18.6. The summed E-state index contributed by atoms with van der Waals surface area (Å²) in [6.45, 7) is 1.90. The first-order valence-electron chi connectivity index (χ1n) is 8.32. The van der Waals surface area contributed by atoms with Gasteiger partial charge in [0.25, 0.3) is 0 Å². The van der Waals surface area contributed by atoms with Gasteiger partial charge in [-0.1, -0.05) is 89.5 Å². The van der Waals surface area contributed by atoms with Gasteiger partial charge in [0.1, 0.15) is 10.0 Å². The van der Waals surface area contributed by atoms with Gasteiger partial charge in [-0.05, 0) is 19.1 Å². The topological polar surface area (TPSA) is 72.0 Å². The van der Waals surface area contributed by atoms with E-state index in [1.165, 1.54) is 0 Å². The summed E-state index contributed by atoms with van der Waals surface area (Å²) in [4.78, 5) is 0.143. The molecule has 0 heterocycles. The molecule has 0 radical (unpaired) electrons. The zero-order valence-corrected chi connectivity index (χ0v) is 19.3. The molecule has 0 spiro atoms. The Labute approximate surface area is 188 Å². The first kappa shape index (κ1) is 27.2. The molecule has 0 amide bonds. The van der Waals surface area contributed by atoms with Crippen LogP contribution in [0.3, 0.4) is 0 Å². The molecule has 6 heteroatoms. The molecule has 3 aromatic rings. The van der Waals surface area contributed by atoms with Crippen molar-refractivity contribution in [2.24, 2.45) is 0 Å². The maximum Gasteiger partial charge on any atom is 4.00 e. The first-order valence-corrected chi connectivity index (χ1v) is 9.76. The van der Waals surface area contributed by atoms with E-state index in [4.69, 9.17) is 5.73 Å². The summed E-state index contributed by atoms with van der Waals surface area (Å²) >= 11 is 0. The monoisotopic (exact) mass is 496 g/mol. The van der Waals surface area contributed by atoms with Crippen molar-refractivity contribution in [1.29, 1.82) is 0 Å². The predicted molar refractivity (Wildman–Crippen MR) is 117 cm³/mol. The average Bonchev–Trinajstić information content (AvgIpc) is 2.67. The molecule has 3 rings (SSSR count). The van der Waals surface area contributed by atoms with Gasteiger partial charge in [0.2, 0.25) is 0 Å². The van der Waals surface area contributed by atoms with Gasteiger partial charge < -0.3 is 25.3 Å². The fourth-order valence-electron chi connectivity index (χ4n) is 2.73. The van der Waals surface area contributed by atoms with E-state index >= 15 is 0 Å². The van der Waals surface area contributed by atoms with Crippen LogP contribution in [-0.4, -0.2) is 8.42 Å². The average molecular weight is 496 g/mol. The minimum absolute atomic E-state index is 0. The van der Waals surface area contributed by atoms with Gasteiger partial charge in [-0.2, -0.15) is 0 Å². The van der Waals surface area contributed by atoms with E-state index in [0.29, 0.717) is 5.56 Å². The molecular formula is C23H26N2O2RuS. The molecule has 0 aromatic heterocycles. The molecule has 0 unspecified atom stereocenters. The van der Waals surface area contributed by atoms with Crippen LogP contribution in [0, 0.1) is 21.8 Å². The number of aryl methyl sites for hydroxylation is 1. The van der Waals surface area contributed by atoms with E-state index in [-0.39, 0.29) is 39.2 Å². The van der Waals surface area contributed by atoms with Gasteiger partial charge >= 0.3 is 19.5 Å². The molecule has 154 valence electrons. The van der Waals surface area contributed by atoms with Gasteiger partial charge in [0.05, 0.1) is 0 Å². The molecule has 0 aliphatic heterocycles. The molecule has 0 aliphatic carbocycles. The summed E-state index contributed by atoms with van der Waals surface area (Å²) in [5, 5.41) is 0. The molecule has 0 saturated heterocycles. The minimum Gasteiger partial charge on any atom is -0.672 e. The number of rotatable bonds is 6. The third-order valence-corrected chi connectivity index (χ3v) is 5.56. The summed E-state index contributed by atoms with van der Waals surface area (Å²) < 4.78 is 29.8. The second-order valence-electron chi connectivity index (χ2n) is 6.14. The van der Waals surface area contributed by atoms with Crippen LogP contribution in [0.25, 0.3) is 10.5 Å². The Morgan fingerprint density at radius 1 is 0.759 bits per heavy atom.